The van der Waals surface area contributed by atoms with Crippen LogP contribution in [0.4, 0.5) is 0 Å². The van der Waals surface area contributed by atoms with Crippen LogP contribution < -0.4 is 21.5 Å². The van der Waals surface area contributed by atoms with Crippen molar-refractivity contribution in [2.24, 2.45) is 0 Å². The van der Waals surface area contributed by atoms with E-state index in [0.29, 0.717) is 6.04 Å². The second-order valence-corrected chi connectivity index (χ2v) is 9.06. The molecule has 0 aromatic carbocycles. The van der Waals surface area contributed by atoms with Crippen molar-refractivity contribution in [1.29, 1.82) is 0 Å². The molecule has 44 heavy (non-hydrogen) atoms. The van der Waals surface area contributed by atoms with Crippen molar-refractivity contribution >= 4 is 0 Å². The lowest BCUT2D eigenvalue weighted by atomic mass is 9.83. The standard InChI is InChI=1S/C13H19N3O.C7H13N.2C6H10.C2H7N.2C2H6/c1-4-9(5-2)12-8(3)14-7-10-6-11(17)15-16-13(10)12;1-3-4-5-6-7-8-2;1-4-5-6(2)3;1-3-5-6-4-2;1-3-2;2*1-2/h4,6,8,12,14H,5,7H2,1-3H3,(H,15,17);3-6,8H,7H2,1-2H3;4H,1-2,5H2,3H3;3-4,6H,1,5H2,2H3;3H,1-2H3;2*1-2H3/b9-4+;4-3-,6-5-;;;;;. The zero-order chi connectivity index (χ0) is 35.2. The highest BCUT2D eigenvalue weighted by Gasteiger charge is 2.29. The number of fused-ring (bicyclic) bond motifs is 1. The topological polar surface area (TPSA) is 81.8 Å². The number of aromatic nitrogens is 2. The lowest BCUT2D eigenvalue weighted by Gasteiger charge is -2.32. The van der Waals surface area contributed by atoms with Gasteiger partial charge in [0, 0.05) is 31.1 Å². The Morgan fingerprint density at radius 3 is 1.98 bits per heavy atom. The molecule has 0 spiro atoms. The molecule has 0 radical (unpaired) electrons. The number of nitrogens with zero attached hydrogens (tertiary/aromatic N) is 1. The first kappa shape index (κ1) is 50.6. The Morgan fingerprint density at radius 2 is 1.61 bits per heavy atom. The fourth-order valence-electron chi connectivity index (χ4n) is 3.44. The van der Waals surface area contributed by atoms with E-state index in [1.807, 2.05) is 106 Å². The van der Waals surface area contributed by atoms with Gasteiger partial charge in [-0.15, -0.1) is 13.2 Å². The smallest absolute Gasteiger partial charge is 0.264 e. The van der Waals surface area contributed by atoms with Crippen molar-refractivity contribution in [3.63, 3.8) is 0 Å². The van der Waals surface area contributed by atoms with Crippen molar-refractivity contribution in [2.75, 3.05) is 27.7 Å². The molecule has 0 saturated heterocycles. The molecule has 1 aliphatic rings. The third kappa shape index (κ3) is 31.9. The molecule has 2 unspecified atom stereocenters. The quantitative estimate of drug-likeness (QED) is 0.165. The van der Waals surface area contributed by atoms with E-state index >= 15 is 0 Å². The summed E-state index contributed by atoms with van der Waals surface area (Å²) in [6.45, 7) is 32.8. The molecule has 0 saturated carbocycles. The summed E-state index contributed by atoms with van der Waals surface area (Å²) in [5.74, 6) is 0.269. The van der Waals surface area contributed by atoms with Gasteiger partial charge in [0.1, 0.15) is 0 Å². The van der Waals surface area contributed by atoms with Gasteiger partial charge in [0.2, 0.25) is 0 Å². The maximum absolute atomic E-state index is 11.3. The Kier molecular flexibility index (Phi) is 48.3. The summed E-state index contributed by atoms with van der Waals surface area (Å²) in [4.78, 5) is 11.3. The molecule has 254 valence electrons. The molecule has 0 fully saturated rings. The molecule has 1 aromatic rings. The first-order valence-electron chi connectivity index (χ1n) is 16.1. The van der Waals surface area contributed by atoms with Crippen LogP contribution in [-0.4, -0.2) is 43.9 Å². The Morgan fingerprint density at radius 1 is 1.02 bits per heavy atom. The zero-order valence-electron chi connectivity index (χ0n) is 30.9. The average Bonchev–Trinajstić information content (AvgIpc) is 3.03. The van der Waals surface area contributed by atoms with Gasteiger partial charge in [-0.3, -0.25) is 4.79 Å². The first-order chi connectivity index (χ1) is 21.2. The maximum atomic E-state index is 11.3. The number of hydrogen-bond acceptors (Lipinski definition) is 5. The fraction of sp³-hybridized carbons (Fsp3) is 0.526. The number of hydrogen-bond donors (Lipinski definition) is 4. The van der Waals surface area contributed by atoms with Gasteiger partial charge in [-0.1, -0.05) is 107 Å². The Balaban J connectivity index is -0.000000159. The van der Waals surface area contributed by atoms with E-state index in [9.17, 15) is 4.79 Å². The Bertz CT molecular complexity index is 954. The predicted molar refractivity (Wildman–Crippen MR) is 203 cm³/mol. The highest BCUT2D eigenvalue weighted by molar-refractivity contribution is 5.33. The predicted octanol–water partition coefficient (Wildman–Crippen LogP) is 9.20. The molecule has 1 aromatic heterocycles. The minimum Gasteiger partial charge on any atom is -0.323 e. The Hall–Kier alpha value is -3.06. The van der Waals surface area contributed by atoms with Crippen LogP contribution in [0, 0.1) is 0 Å². The molecule has 2 rings (SSSR count). The second-order valence-electron chi connectivity index (χ2n) is 9.06. The highest BCUT2D eigenvalue weighted by atomic mass is 16.1. The summed E-state index contributed by atoms with van der Waals surface area (Å²) in [5.41, 5.74) is 4.45. The maximum Gasteiger partial charge on any atom is 0.264 e. The molecule has 0 aliphatic carbocycles. The summed E-state index contributed by atoms with van der Waals surface area (Å²) in [7, 11) is 5.68. The minimum absolute atomic E-state index is 0.127. The lowest BCUT2D eigenvalue weighted by molar-refractivity contribution is 0.442. The fourth-order valence-corrected chi connectivity index (χ4v) is 3.44. The third-order valence-electron chi connectivity index (χ3n) is 5.30. The van der Waals surface area contributed by atoms with Crippen molar-refractivity contribution in [2.45, 2.75) is 107 Å². The van der Waals surface area contributed by atoms with E-state index in [0.717, 1.165) is 43.6 Å². The number of nitrogens with one attached hydrogen (secondary N) is 4. The van der Waals surface area contributed by atoms with Crippen molar-refractivity contribution in [3.05, 3.63) is 113 Å². The minimum atomic E-state index is -0.127. The summed E-state index contributed by atoms with van der Waals surface area (Å²) >= 11 is 0. The van der Waals surface area contributed by atoms with E-state index in [4.69, 9.17) is 0 Å². The van der Waals surface area contributed by atoms with Gasteiger partial charge in [-0.2, -0.15) is 5.10 Å². The highest BCUT2D eigenvalue weighted by Crippen LogP contribution is 2.33. The number of rotatable bonds is 9. The van der Waals surface area contributed by atoms with Crippen LogP contribution >= 0.6 is 0 Å². The van der Waals surface area contributed by atoms with Crippen molar-refractivity contribution < 1.29 is 0 Å². The lowest BCUT2D eigenvalue weighted by Crippen LogP contribution is -2.39. The van der Waals surface area contributed by atoms with Crippen molar-refractivity contribution in [1.82, 2.24) is 26.1 Å². The summed E-state index contributed by atoms with van der Waals surface area (Å²) < 4.78 is 0. The normalized spacial score (nSPS) is 14.6. The molecule has 0 amide bonds. The van der Waals surface area contributed by atoms with E-state index in [-0.39, 0.29) is 11.5 Å². The Labute approximate surface area is 273 Å². The van der Waals surface area contributed by atoms with Crippen LogP contribution in [0.1, 0.15) is 106 Å². The van der Waals surface area contributed by atoms with Crippen LogP contribution in [-0.2, 0) is 6.54 Å². The summed E-state index contributed by atoms with van der Waals surface area (Å²) in [6, 6.07) is 2.00. The molecule has 1 aliphatic heterocycles. The van der Waals surface area contributed by atoms with Gasteiger partial charge in [0.15, 0.2) is 0 Å². The van der Waals surface area contributed by atoms with Gasteiger partial charge in [-0.25, -0.2) is 5.10 Å². The van der Waals surface area contributed by atoms with E-state index < -0.39 is 0 Å². The molecule has 4 N–H and O–H groups in total. The van der Waals surface area contributed by atoms with E-state index in [2.05, 4.69) is 84.9 Å². The van der Waals surface area contributed by atoms with Gasteiger partial charge in [0.25, 0.3) is 5.56 Å². The van der Waals surface area contributed by atoms with E-state index in [1.54, 1.807) is 6.07 Å². The molecule has 2 atom stereocenters. The van der Waals surface area contributed by atoms with E-state index in [1.165, 1.54) is 11.1 Å². The van der Waals surface area contributed by atoms with Crippen LogP contribution in [0.15, 0.2) is 96.4 Å². The van der Waals surface area contributed by atoms with Crippen LogP contribution in [0.25, 0.3) is 0 Å². The molecule has 2 heterocycles. The van der Waals surface area contributed by atoms with Crippen molar-refractivity contribution in [3.8, 4) is 0 Å². The number of H-pyrrole nitrogens is 1. The van der Waals surface area contributed by atoms with Gasteiger partial charge in [0.05, 0.1) is 5.69 Å². The van der Waals surface area contributed by atoms with Crippen LogP contribution in [0.3, 0.4) is 0 Å². The zero-order valence-corrected chi connectivity index (χ0v) is 30.9. The third-order valence-corrected chi connectivity index (χ3v) is 5.30. The summed E-state index contributed by atoms with van der Waals surface area (Å²) in [6.07, 6.45) is 21.0. The van der Waals surface area contributed by atoms with Crippen LogP contribution in [0.5, 0.6) is 0 Å². The molecule has 6 nitrogen and oxygen atoms in total. The van der Waals surface area contributed by atoms with Crippen LogP contribution in [0.2, 0.25) is 0 Å². The molecule has 6 heteroatoms. The van der Waals surface area contributed by atoms with Gasteiger partial charge in [-0.05, 0) is 80.6 Å². The number of aromatic amines is 1. The monoisotopic (exact) mass is 614 g/mol. The SMILES string of the molecule is C/C=C(\CC)C1c2n[nH]c(=O)cc2CNC1C.C/C=C\C=C/CNC.C=CCC(=C)C.C=CCC=CC.CC.CC.CNC. The molecular formula is C38H71N5O. The summed E-state index contributed by atoms with van der Waals surface area (Å²) in [5, 5.41) is 16.0. The number of likely N-dealkylation sites (N-methyl/N-ethyl adjacent to an activating group) is 1. The molecule has 0 bridgehead atoms. The second kappa shape index (κ2) is 42.1. The average molecular weight is 614 g/mol. The molecular weight excluding hydrogens is 542 g/mol. The largest absolute Gasteiger partial charge is 0.323 e. The first-order valence-corrected chi connectivity index (χ1v) is 16.1. The van der Waals surface area contributed by atoms with Gasteiger partial charge < -0.3 is 16.0 Å². The van der Waals surface area contributed by atoms with Gasteiger partial charge >= 0.3 is 0 Å². The number of allylic oxidation sites excluding steroid dienone is 9.